The molecule has 0 bridgehead atoms. The van der Waals surface area contributed by atoms with Crippen molar-refractivity contribution in [1.82, 2.24) is 14.9 Å². The van der Waals surface area contributed by atoms with Gasteiger partial charge in [-0.2, -0.15) is 0 Å². The van der Waals surface area contributed by atoms with E-state index in [4.69, 9.17) is 4.74 Å². The highest BCUT2D eigenvalue weighted by Gasteiger charge is 2.14. The van der Waals surface area contributed by atoms with E-state index in [2.05, 4.69) is 28.7 Å². The average Bonchev–Trinajstić information content (AvgIpc) is 2.70. The van der Waals surface area contributed by atoms with Crippen molar-refractivity contribution in [2.45, 2.75) is 33.4 Å². The summed E-state index contributed by atoms with van der Waals surface area (Å²) in [6, 6.07) is 0.373. The SMILES string of the molecule is CCOCC(NCc1cnc(N(C)C)n1C)C(C)C. The van der Waals surface area contributed by atoms with Crippen molar-refractivity contribution in [2.24, 2.45) is 13.0 Å². The van der Waals surface area contributed by atoms with Crippen molar-refractivity contribution in [3.05, 3.63) is 11.9 Å². The average molecular weight is 268 g/mol. The lowest BCUT2D eigenvalue weighted by molar-refractivity contribution is 0.107. The Morgan fingerprint density at radius 1 is 1.42 bits per heavy atom. The third kappa shape index (κ3) is 4.51. The van der Waals surface area contributed by atoms with Gasteiger partial charge in [0.2, 0.25) is 5.95 Å². The van der Waals surface area contributed by atoms with Gasteiger partial charge >= 0.3 is 0 Å². The molecule has 5 nitrogen and oxygen atoms in total. The third-order valence-electron chi connectivity index (χ3n) is 3.31. The zero-order chi connectivity index (χ0) is 14.4. The second-order valence-corrected chi connectivity index (χ2v) is 5.39. The fraction of sp³-hybridized carbons (Fsp3) is 0.786. The van der Waals surface area contributed by atoms with Gasteiger partial charge < -0.3 is 19.5 Å². The lowest BCUT2D eigenvalue weighted by atomic mass is 10.1. The van der Waals surface area contributed by atoms with Crippen LogP contribution in [0, 0.1) is 5.92 Å². The molecule has 1 N–H and O–H groups in total. The number of nitrogens with zero attached hydrogens (tertiary/aromatic N) is 3. The molecule has 0 aromatic carbocycles. The van der Waals surface area contributed by atoms with Crippen LogP contribution in [0.3, 0.4) is 0 Å². The van der Waals surface area contributed by atoms with Crippen molar-refractivity contribution in [3.8, 4) is 0 Å². The molecule has 0 fully saturated rings. The van der Waals surface area contributed by atoms with Crippen molar-refractivity contribution in [1.29, 1.82) is 0 Å². The number of hydrogen-bond donors (Lipinski definition) is 1. The Balaban J connectivity index is 2.59. The first-order chi connectivity index (χ1) is 8.97. The Labute approximate surface area is 117 Å². The third-order valence-corrected chi connectivity index (χ3v) is 3.31. The van der Waals surface area contributed by atoms with Crippen LogP contribution >= 0.6 is 0 Å². The Bertz CT molecular complexity index is 374. The van der Waals surface area contributed by atoms with E-state index < -0.39 is 0 Å². The Hall–Kier alpha value is -1.07. The van der Waals surface area contributed by atoms with Gasteiger partial charge in [0.25, 0.3) is 0 Å². The number of aromatic nitrogens is 2. The lowest BCUT2D eigenvalue weighted by Crippen LogP contribution is -2.38. The number of nitrogens with one attached hydrogen (secondary N) is 1. The largest absolute Gasteiger partial charge is 0.380 e. The van der Waals surface area contributed by atoms with Crippen LogP contribution in [0.2, 0.25) is 0 Å². The molecule has 1 aromatic heterocycles. The summed E-state index contributed by atoms with van der Waals surface area (Å²) in [5.41, 5.74) is 1.19. The van der Waals surface area contributed by atoms with Crippen LogP contribution in [0.25, 0.3) is 0 Å². The smallest absolute Gasteiger partial charge is 0.204 e. The van der Waals surface area contributed by atoms with Crippen LogP contribution in [-0.4, -0.2) is 42.9 Å². The molecule has 0 saturated heterocycles. The maximum Gasteiger partial charge on any atom is 0.204 e. The van der Waals surface area contributed by atoms with Crippen molar-refractivity contribution >= 4 is 5.95 Å². The maximum atomic E-state index is 5.53. The van der Waals surface area contributed by atoms with E-state index in [0.29, 0.717) is 12.0 Å². The number of anilines is 1. The molecule has 0 aliphatic heterocycles. The van der Waals surface area contributed by atoms with E-state index >= 15 is 0 Å². The summed E-state index contributed by atoms with van der Waals surface area (Å²) in [7, 11) is 6.06. The molecular weight excluding hydrogens is 240 g/mol. The second-order valence-electron chi connectivity index (χ2n) is 5.39. The summed E-state index contributed by atoms with van der Waals surface area (Å²) in [5, 5.41) is 3.56. The lowest BCUT2D eigenvalue weighted by Gasteiger charge is -2.22. The van der Waals surface area contributed by atoms with Gasteiger partial charge in [0.05, 0.1) is 18.5 Å². The van der Waals surface area contributed by atoms with Crippen molar-refractivity contribution in [2.75, 3.05) is 32.2 Å². The van der Waals surface area contributed by atoms with Gasteiger partial charge in [-0.05, 0) is 12.8 Å². The van der Waals surface area contributed by atoms with Crippen LogP contribution in [0.15, 0.2) is 6.20 Å². The molecule has 0 radical (unpaired) electrons. The van der Waals surface area contributed by atoms with Gasteiger partial charge in [0, 0.05) is 40.3 Å². The monoisotopic (exact) mass is 268 g/mol. The van der Waals surface area contributed by atoms with Gasteiger partial charge in [-0.25, -0.2) is 4.98 Å². The second kappa shape index (κ2) is 7.50. The fourth-order valence-electron chi connectivity index (χ4n) is 1.98. The minimum absolute atomic E-state index is 0.373. The fourth-order valence-corrected chi connectivity index (χ4v) is 1.98. The topological polar surface area (TPSA) is 42.3 Å². The maximum absolute atomic E-state index is 5.53. The van der Waals surface area contributed by atoms with Crippen LogP contribution in [0.1, 0.15) is 26.5 Å². The standard InChI is InChI=1S/C14H28N4O/c1-7-19-10-13(11(2)3)15-8-12-9-16-14(17(4)5)18(12)6/h9,11,13,15H,7-8,10H2,1-6H3. The highest BCUT2D eigenvalue weighted by Crippen LogP contribution is 2.11. The minimum Gasteiger partial charge on any atom is -0.380 e. The molecule has 0 aliphatic rings. The molecular formula is C14H28N4O. The first-order valence-electron chi connectivity index (χ1n) is 6.96. The molecule has 1 aromatic rings. The van der Waals surface area contributed by atoms with E-state index in [1.165, 1.54) is 5.69 Å². The molecule has 1 unspecified atom stereocenters. The molecule has 1 heterocycles. The highest BCUT2D eigenvalue weighted by molar-refractivity contribution is 5.30. The summed E-state index contributed by atoms with van der Waals surface area (Å²) in [5.74, 6) is 1.52. The summed E-state index contributed by atoms with van der Waals surface area (Å²) >= 11 is 0. The number of hydrogen-bond acceptors (Lipinski definition) is 4. The number of rotatable bonds is 8. The predicted octanol–water partition coefficient (Wildman–Crippen LogP) is 1.64. The molecule has 19 heavy (non-hydrogen) atoms. The number of ether oxygens (including phenoxy) is 1. The molecule has 110 valence electrons. The highest BCUT2D eigenvalue weighted by atomic mass is 16.5. The first kappa shape index (κ1) is 16.0. The molecule has 1 rings (SSSR count). The van der Waals surface area contributed by atoms with E-state index in [0.717, 1.165) is 25.7 Å². The molecule has 0 aliphatic carbocycles. The number of imidazole rings is 1. The van der Waals surface area contributed by atoms with E-state index in [1.54, 1.807) is 0 Å². The molecule has 0 amide bonds. The first-order valence-corrected chi connectivity index (χ1v) is 6.96. The van der Waals surface area contributed by atoms with Gasteiger partial charge in [0.1, 0.15) is 0 Å². The van der Waals surface area contributed by atoms with Gasteiger partial charge in [0.15, 0.2) is 0 Å². The zero-order valence-electron chi connectivity index (χ0n) is 13.1. The van der Waals surface area contributed by atoms with Crippen LogP contribution in [0.5, 0.6) is 0 Å². The molecule has 5 heteroatoms. The van der Waals surface area contributed by atoms with Crippen LogP contribution in [-0.2, 0) is 18.3 Å². The van der Waals surface area contributed by atoms with E-state index in [-0.39, 0.29) is 0 Å². The van der Waals surface area contributed by atoms with Gasteiger partial charge in [-0.1, -0.05) is 13.8 Å². The predicted molar refractivity (Wildman–Crippen MR) is 79.5 cm³/mol. The normalized spacial score (nSPS) is 13.0. The van der Waals surface area contributed by atoms with Crippen molar-refractivity contribution < 1.29 is 4.74 Å². The summed E-state index contributed by atoms with van der Waals surface area (Å²) in [6.07, 6.45) is 1.93. The Morgan fingerprint density at radius 3 is 2.58 bits per heavy atom. The van der Waals surface area contributed by atoms with Gasteiger partial charge in [-0.15, -0.1) is 0 Å². The summed E-state index contributed by atoms with van der Waals surface area (Å²) < 4.78 is 7.64. The Morgan fingerprint density at radius 2 is 2.11 bits per heavy atom. The van der Waals surface area contributed by atoms with Crippen molar-refractivity contribution in [3.63, 3.8) is 0 Å². The molecule has 1 atom stereocenters. The summed E-state index contributed by atoms with van der Waals surface area (Å²) in [4.78, 5) is 6.44. The van der Waals surface area contributed by atoms with E-state index in [1.807, 2.05) is 39.2 Å². The Kier molecular flexibility index (Phi) is 6.31. The van der Waals surface area contributed by atoms with E-state index in [9.17, 15) is 0 Å². The molecule has 0 spiro atoms. The van der Waals surface area contributed by atoms with Crippen LogP contribution < -0.4 is 10.2 Å². The minimum atomic E-state index is 0.373. The summed E-state index contributed by atoms with van der Waals surface area (Å²) in [6.45, 7) is 8.79. The quantitative estimate of drug-likeness (QED) is 0.778. The molecule has 0 saturated carbocycles. The van der Waals surface area contributed by atoms with Gasteiger partial charge in [-0.3, -0.25) is 0 Å². The zero-order valence-corrected chi connectivity index (χ0v) is 13.1. The van der Waals surface area contributed by atoms with Crippen LogP contribution in [0.4, 0.5) is 5.95 Å².